The predicted octanol–water partition coefficient (Wildman–Crippen LogP) is 2.66. The summed E-state index contributed by atoms with van der Waals surface area (Å²) in [7, 11) is 0. The lowest BCUT2D eigenvalue weighted by Gasteiger charge is -2.30. The van der Waals surface area contributed by atoms with Gasteiger partial charge < -0.3 is 5.32 Å². The van der Waals surface area contributed by atoms with E-state index >= 15 is 0 Å². The first-order valence-corrected chi connectivity index (χ1v) is 6.36. The van der Waals surface area contributed by atoms with Gasteiger partial charge in [-0.3, -0.25) is 4.90 Å². The van der Waals surface area contributed by atoms with Crippen molar-refractivity contribution in [2.75, 3.05) is 18.4 Å². The first kappa shape index (κ1) is 14.2. The summed E-state index contributed by atoms with van der Waals surface area (Å²) in [6.45, 7) is 10.6. The molecule has 0 aromatic carbocycles. The summed E-state index contributed by atoms with van der Waals surface area (Å²) in [5.41, 5.74) is 0. The van der Waals surface area contributed by atoms with Crippen molar-refractivity contribution in [1.82, 2.24) is 14.9 Å². The molecule has 0 aliphatic rings. The van der Waals surface area contributed by atoms with E-state index in [0.717, 1.165) is 13.1 Å². The molecule has 0 aliphatic heterocycles. The Morgan fingerprint density at radius 2 is 1.76 bits per heavy atom. The Morgan fingerprint density at radius 3 is 2.29 bits per heavy atom. The summed E-state index contributed by atoms with van der Waals surface area (Å²) in [5.74, 6) is 0.654. The van der Waals surface area contributed by atoms with Crippen molar-refractivity contribution < 1.29 is 0 Å². The molecule has 1 heterocycles. The number of nitrogens with zero attached hydrogens (tertiary/aromatic N) is 3. The highest BCUT2D eigenvalue weighted by atomic mass is 35.5. The molecule has 1 N–H and O–H groups in total. The fourth-order valence-electron chi connectivity index (χ4n) is 1.86. The minimum atomic E-state index is 0.424. The van der Waals surface area contributed by atoms with Crippen LogP contribution in [0.25, 0.3) is 0 Å². The van der Waals surface area contributed by atoms with Gasteiger partial charge in [0.25, 0.3) is 0 Å². The summed E-state index contributed by atoms with van der Waals surface area (Å²) in [6, 6.07) is 1.07. The second-order valence-electron chi connectivity index (χ2n) is 4.55. The normalized spacial score (nSPS) is 11.5. The molecule has 0 saturated heterocycles. The lowest BCUT2D eigenvalue weighted by Crippen LogP contribution is -2.40. The van der Waals surface area contributed by atoms with Crippen molar-refractivity contribution in [3.63, 3.8) is 0 Å². The van der Waals surface area contributed by atoms with Crippen molar-refractivity contribution in [2.24, 2.45) is 0 Å². The molecule has 0 atom stereocenters. The van der Waals surface area contributed by atoms with Gasteiger partial charge in [0, 0.05) is 37.6 Å². The molecule has 1 aromatic heterocycles. The minimum Gasteiger partial charge on any atom is -0.366 e. The highest BCUT2D eigenvalue weighted by Crippen LogP contribution is 2.13. The van der Waals surface area contributed by atoms with Gasteiger partial charge in [-0.15, -0.1) is 0 Å². The average molecular weight is 257 g/mol. The van der Waals surface area contributed by atoms with E-state index < -0.39 is 0 Å². The maximum absolute atomic E-state index is 5.91. The van der Waals surface area contributed by atoms with E-state index in [2.05, 4.69) is 47.9 Å². The van der Waals surface area contributed by atoms with Crippen LogP contribution < -0.4 is 5.32 Å². The van der Waals surface area contributed by atoms with Gasteiger partial charge in [0.15, 0.2) is 11.0 Å². The van der Waals surface area contributed by atoms with Crippen molar-refractivity contribution >= 4 is 17.4 Å². The quantitative estimate of drug-likeness (QED) is 0.850. The van der Waals surface area contributed by atoms with Gasteiger partial charge in [-0.1, -0.05) is 11.6 Å². The lowest BCUT2D eigenvalue weighted by molar-refractivity contribution is 0.182. The number of rotatable bonds is 6. The molecule has 0 amide bonds. The largest absolute Gasteiger partial charge is 0.366 e. The first-order chi connectivity index (χ1) is 8.02. The standard InChI is InChI=1S/C12H21ClN4/c1-9(2)17(10(3)4)8-7-16-12-11(13)14-5-6-15-12/h5-6,9-10H,7-8H2,1-4H3,(H,15,16). The molecule has 0 aliphatic carbocycles. The van der Waals surface area contributed by atoms with Gasteiger partial charge in [0.1, 0.15) is 0 Å². The van der Waals surface area contributed by atoms with Gasteiger partial charge in [-0.2, -0.15) is 0 Å². The molecule has 1 rings (SSSR count). The number of hydrogen-bond donors (Lipinski definition) is 1. The Hall–Kier alpha value is -0.870. The molecule has 17 heavy (non-hydrogen) atoms. The Bertz CT molecular complexity index is 333. The Morgan fingerprint density at radius 1 is 1.18 bits per heavy atom. The first-order valence-electron chi connectivity index (χ1n) is 5.98. The topological polar surface area (TPSA) is 41.0 Å². The summed E-state index contributed by atoms with van der Waals surface area (Å²) in [6.07, 6.45) is 3.22. The fraction of sp³-hybridized carbons (Fsp3) is 0.667. The molecule has 0 spiro atoms. The number of anilines is 1. The molecule has 0 fully saturated rings. The highest BCUT2D eigenvalue weighted by molar-refractivity contribution is 6.31. The highest BCUT2D eigenvalue weighted by Gasteiger charge is 2.12. The summed E-state index contributed by atoms with van der Waals surface area (Å²) >= 11 is 5.91. The van der Waals surface area contributed by atoms with Gasteiger partial charge in [0.05, 0.1) is 0 Å². The molecule has 4 nitrogen and oxygen atoms in total. The third-order valence-corrected chi connectivity index (χ3v) is 2.92. The zero-order chi connectivity index (χ0) is 12.8. The average Bonchev–Trinajstić information content (AvgIpc) is 2.25. The molecule has 1 aromatic rings. The van der Waals surface area contributed by atoms with Crippen molar-refractivity contribution in [1.29, 1.82) is 0 Å². The molecular weight excluding hydrogens is 236 g/mol. The van der Waals surface area contributed by atoms with E-state index in [1.807, 2.05) is 0 Å². The van der Waals surface area contributed by atoms with Crippen LogP contribution in [-0.4, -0.2) is 40.0 Å². The summed E-state index contributed by atoms with van der Waals surface area (Å²) in [5, 5.41) is 3.63. The third kappa shape index (κ3) is 4.48. The van der Waals surface area contributed by atoms with Crippen LogP contribution >= 0.6 is 11.6 Å². The monoisotopic (exact) mass is 256 g/mol. The summed E-state index contributed by atoms with van der Waals surface area (Å²) < 4.78 is 0. The van der Waals surface area contributed by atoms with Crippen molar-refractivity contribution in [3.05, 3.63) is 17.5 Å². The Labute approximate surface area is 108 Å². The van der Waals surface area contributed by atoms with Crippen LogP contribution in [0.1, 0.15) is 27.7 Å². The van der Waals surface area contributed by atoms with E-state index in [1.54, 1.807) is 12.4 Å². The molecule has 0 saturated carbocycles. The minimum absolute atomic E-state index is 0.424. The van der Waals surface area contributed by atoms with E-state index in [-0.39, 0.29) is 0 Å². The van der Waals surface area contributed by atoms with Crippen LogP contribution in [0.2, 0.25) is 5.15 Å². The molecular formula is C12H21ClN4. The molecule has 5 heteroatoms. The maximum Gasteiger partial charge on any atom is 0.171 e. The van der Waals surface area contributed by atoms with E-state index in [1.165, 1.54) is 0 Å². The Kier molecular flexibility index (Phi) is 5.65. The van der Waals surface area contributed by atoms with Gasteiger partial charge in [0.2, 0.25) is 0 Å². The van der Waals surface area contributed by atoms with E-state index in [0.29, 0.717) is 23.1 Å². The second-order valence-corrected chi connectivity index (χ2v) is 4.91. The summed E-state index contributed by atoms with van der Waals surface area (Å²) in [4.78, 5) is 10.5. The van der Waals surface area contributed by atoms with Crippen LogP contribution in [0.4, 0.5) is 5.82 Å². The van der Waals surface area contributed by atoms with Crippen molar-refractivity contribution in [3.8, 4) is 0 Å². The number of hydrogen-bond acceptors (Lipinski definition) is 4. The number of halogens is 1. The second kappa shape index (κ2) is 6.77. The van der Waals surface area contributed by atoms with Crippen LogP contribution in [0.5, 0.6) is 0 Å². The Balaban J connectivity index is 2.44. The lowest BCUT2D eigenvalue weighted by atomic mass is 10.2. The molecule has 0 unspecified atom stereocenters. The number of aromatic nitrogens is 2. The van der Waals surface area contributed by atoms with Gasteiger partial charge >= 0.3 is 0 Å². The zero-order valence-electron chi connectivity index (χ0n) is 10.9. The van der Waals surface area contributed by atoms with Crippen LogP contribution in [0.3, 0.4) is 0 Å². The van der Waals surface area contributed by atoms with Gasteiger partial charge in [-0.25, -0.2) is 9.97 Å². The van der Waals surface area contributed by atoms with E-state index in [4.69, 9.17) is 11.6 Å². The molecule has 0 bridgehead atoms. The smallest absolute Gasteiger partial charge is 0.171 e. The zero-order valence-corrected chi connectivity index (χ0v) is 11.7. The maximum atomic E-state index is 5.91. The third-order valence-electron chi connectivity index (χ3n) is 2.64. The van der Waals surface area contributed by atoms with Gasteiger partial charge in [-0.05, 0) is 27.7 Å². The predicted molar refractivity (Wildman–Crippen MR) is 72.5 cm³/mol. The SMILES string of the molecule is CC(C)N(CCNc1nccnc1Cl)C(C)C. The van der Waals surface area contributed by atoms with E-state index in [9.17, 15) is 0 Å². The molecule has 96 valence electrons. The van der Waals surface area contributed by atoms with Crippen LogP contribution in [0.15, 0.2) is 12.4 Å². The number of nitrogens with one attached hydrogen (secondary N) is 1. The van der Waals surface area contributed by atoms with Crippen LogP contribution in [0, 0.1) is 0 Å². The molecule has 0 radical (unpaired) electrons. The fourth-order valence-corrected chi connectivity index (χ4v) is 2.03. The van der Waals surface area contributed by atoms with Crippen molar-refractivity contribution in [2.45, 2.75) is 39.8 Å². The van der Waals surface area contributed by atoms with Crippen LogP contribution in [-0.2, 0) is 0 Å².